The van der Waals surface area contributed by atoms with E-state index in [1.54, 1.807) is 32.4 Å². The molecule has 1 unspecified atom stereocenters. The molecule has 0 fully saturated rings. The van der Waals surface area contributed by atoms with Crippen LogP contribution >= 0.6 is 11.6 Å². The van der Waals surface area contributed by atoms with Crippen molar-refractivity contribution in [2.24, 2.45) is 0 Å². The van der Waals surface area contributed by atoms with Crippen LogP contribution in [0.1, 0.15) is 27.4 Å². The number of H-pyrrole nitrogens is 1. The zero-order valence-electron chi connectivity index (χ0n) is 18.6. The molecule has 0 bridgehead atoms. The van der Waals surface area contributed by atoms with E-state index in [9.17, 15) is 4.79 Å². The van der Waals surface area contributed by atoms with Gasteiger partial charge in [-0.1, -0.05) is 41.9 Å². The van der Waals surface area contributed by atoms with Crippen LogP contribution in [0.25, 0.3) is 10.9 Å². The number of rotatable bonds is 8. The summed E-state index contributed by atoms with van der Waals surface area (Å²) in [5.41, 5.74) is 3.33. The first-order chi connectivity index (χ1) is 16.1. The van der Waals surface area contributed by atoms with Crippen molar-refractivity contribution in [3.8, 4) is 17.2 Å². The maximum Gasteiger partial charge on any atom is 0.255 e. The first-order valence-electron chi connectivity index (χ1n) is 10.5. The topological polar surface area (TPSA) is 72.6 Å². The lowest BCUT2D eigenvalue weighted by atomic mass is 9.89. The number of hydrogen-bond donors (Lipinski definition) is 2. The van der Waals surface area contributed by atoms with Gasteiger partial charge >= 0.3 is 0 Å². The summed E-state index contributed by atoms with van der Waals surface area (Å²) in [6.07, 6.45) is 1.97. The summed E-state index contributed by atoms with van der Waals surface area (Å²) in [5, 5.41) is 4.59. The summed E-state index contributed by atoms with van der Waals surface area (Å²) in [6, 6.07) is 18.8. The summed E-state index contributed by atoms with van der Waals surface area (Å²) in [7, 11) is 4.74. The average Bonchev–Trinajstić information content (AvgIpc) is 3.27. The van der Waals surface area contributed by atoms with Crippen LogP contribution in [0.2, 0.25) is 5.02 Å². The lowest BCUT2D eigenvalue weighted by Gasteiger charge is -2.22. The highest BCUT2D eigenvalue weighted by molar-refractivity contribution is 6.31. The van der Waals surface area contributed by atoms with E-state index in [1.165, 1.54) is 7.11 Å². The summed E-state index contributed by atoms with van der Waals surface area (Å²) in [4.78, 5) is 16.4. The van der Waals surface area contributed by atoms with Gasteiger partial charge in [-0.3, -0.25) is 4.79 Å². The van der Waals surface area contributed by atoms with Crippen molar-refractivity contribution in [3.63, 3.8) is 0 Å². The minimum atomic E-state index is -0.277. The van der Waals surface area contributed by atoms with Crippen molar-refractivity contribution in [1.29, 1.82) is 0 Å². The second kappa shape index (κ2) is 9.88. The van der Waals surface area contributed by atoms with Gasteiger partial charge in [0.15, 0.2) is 11.5 Å². The fraction of sp³-hybridized carbons (Fsp3) is 0.192. The van der Waals surface area contributed by atoms with Crippen LogP contribution in [0.3, 0.4) is 0 Å². The van der Waals surface area contributed by atoms with Crippen LogP contribution in [0.5, 0.6) is 17.2 Å². The molecule has 2 N–H and O–H groups in total. The van der Waals surface area contributed by atoms with Crippen molar-refractivity contribution in [1.82, 2.24) is 10.3 Å². The number of carbonyl (C=O) groups excluding carboxylic acids is 1. The molecular weight excluding hydrogens is 440 g/mol. The molecule has 1 atom stereocenters. The van der Waals surface area contributed by atoms with E-state index in [2.05, 4.69) is 16.4 Å². The van der Waals surface area contributed by atoms with Gasteiger partial charge in [-0.2, -0.15) is 0 Å². The second-order valence-electron chi connectivity index (χ2n) is 7.48. The van der Waals surface area contributed by atoms with Gasteiger partial charge in [0.1, 0.15) is 5.75 Å². The lowest BCUT2D eigenvalue weighted by Crippen LogP contribution is -2.29. The van der Waals surface area contributed by atoms with Gasteiger partial charge in [0.2, 0.25) is 0 Å². The fourth-order valence-corrected chi connectivity index (χ4v) is 4.28. The number of aromatic nitrogens is 1. The number of carbonyl (C=O) groups is 1. The van der Waals surface area contributed by atoms with E-state index >= 15 is 0 Å². The van der Waals surface area contributed by atoms with Crippen LogP contribution in [0, 0.1) is 0 Å². The SMILES string of the molecule is COc1ccc(Cl)cc1C(=O)NCC(c1cccc(OC)c1OC)c1c[nH]c2ccccc12. The molecule has 0 saturated heterocycles. The number of aromatic amines is 1. The summed E-state index contributed by atoms with van der Waals surface area (Å²) in [6.45, 7) is 0.319. The predicted octanol–water partition coefficient (Wildman–Crippen LogP) is 5.41. The van der Waals surface area contributed by atoms with Crippen LogP contribution in [-0.4, -0.2) is 38.8 Å². The maximum atomic E-state index is 13.1. The Balaban J connectivity index is 1.75. The maximum absolute atomic E-state index is 13.1. The third-order valence-electron chi connectivity index (χ3n) is 5.68. The van der Waals surface area contributed by atoms with Crippen molar-refractivity contribution in [2.45, 2.75) is 5.92 Å². The van der Waals surface area contributed by atoms with E-state index in [4.69, 9.17) is 25.8 Å². The van der Waals surface area contributed by atoms with Crippen LogP contribution in [0.4, 0.5) is 0 Å². The fourth-order valence-electron chi connectivity index (χ4n) is 4.10. The molecule has 0 aliphatic carbocycles. The first-order valence-corrected chi connectivity index (χ1v) is 10.8. The first kappa shape index (κ1) is 22.6. The summed E-state index contributed by atoms with van der Waals surface area (Å²) >= 11 is 6.13. The highest BCUT2D eigenvalue weighted by atomic mass is 35.5. The molecule has 0 aliphatic rings. The van der Waals surface area contributed by atoms with Crippen LogP contribution in [-0.2, 0) is 0 Å². The molecule has 0 spiro atoms. The highest BCUT2D eigenvalue weighted by Crippen LogP contribution is 2.40. The average molecular weight is 465 g/mol. The molecule has 7 heteroatoms. The monoisotopic (exact) mass is 464 g/mol. The van der Waals surface area contributed by atoms with E-state index in [1.807, 2.05) is 42.6 Å². The smallest absolute Gasteiger partial charge is 0.255 e. The summed E-state index contributed by atoms with van der Waals surface area (Å²) < 4.78 is 16.6. The molecule has 6 nitrogen and oxygen atoms in total. The molecule has 0 saturated carbocycles. The highest BCUT2D eigenvalue weighted by Gasteiger charge is 2.25. The van der Waals surface area contributed by atoms with Gasteiger partial charge in [0, 0.05) is 40.1 Å². The molecule has 4 rings (SSSR count). The standard InChI is InChI=1S/C26H25ClN2O4/c1-31-23-12-11-16(27)13-19(23)26(30)29-15-21(18-8-6-10-24(32-2)25(18)33-3)20-14-28-22-9-5-4-7-17(20)22/h4-14,21,28H,15H2,1-3H3,(H,29,30). The van der Waals surface area contributed by atoms with Gasteiger partial charge < -0.3 is 24.5 Å². The number of nitrogens with one attached hydrogen (secondary N) is 2. The molecule has 0 radical (unpaired) electrons. The number of halogens is 1. The van der Waals surface area contributed by atoms with Crippen LogP contribution < -0.4 is 19.5 Å². The minimum Gasteiger partial charge on any atom is -0.496 e. The Morgan fingerprint density at radius 1 is 0.939 bits per heavy atom. The molecule has 33 heavy (non-hydrogen) atoms. The van der Waals surface area contributed by atoms with E-state index in [-0.39, 0.29) is 11.8 Å². The molecule has 1 heterocycles. The zero-order chi connectivity index (χ0) is 23.4. The molecule has 1 aromatic heterocycles. The number of fused-ring (bicyclic) bond motifs is 1. The Morgan fingerprint density at radius 2 is 1.73 bits per heavy atom. The van der Waals surface area contributed by atoms with Crippen molar-refractivity contribution < 1.29 is 19.0 Å². The molecule has 4 aromatic rings. The Hall–Kier alpha value is -3.64. The number of ether oxygens (including phenoxy) is 3. The van der Waals surface area contributed by atoms with Crippen LogP contribution in [0.15, 0.2) is 66.9 Å². The Kier molecular flexibility index (Phi) is 6.75. The number of methoxy groups -OCH3 is 3. The number of benzene rings is 3. The van der Waals surface area contributed by atoms with E-state index in [0.29, 0.717) is 34.4 Å². The Labute approximate surface area is 197 Å². The third-order valence-corrected chi connectivity index (χ3v) is 5.91. The van der Waals surface area contributed by atoms with Gasteiger partial charge in [-0.05, 0) is 35.9 Å². The summed E-state index contributed by atoms with van der Waals surface area (Å²) in [5.74, 6) is 1.23. The zero-order valence-corrected chi connectivity index (χ0v) is 19.4. The van der Waals surface area contributed by atoms with Crippen molar-refractivity contribution in [2.75, 3.05) is 27.9 Å². The Bertz CT molecular complexity index is 1280. The number of amides is 1. The molecule has 170 valence electrons. The Morgan fingerprint density at radius 3 is 2.48 bits per heavy atom. The quantitative estimate of drug-likeness (QED) is 0.365. The van der Waals surface area contributed by atoms with E-state index < -0.39 is 0 Å². The van der Waals surface area contributed by atoms with Gasteiger partial charge in [-0.25, -0.2) is 0 Å². The van der Waals surface area contributed by atoms with Crippen molar-refractivity contribution in [3.05, 3.63) is 88.6 Å². The lowest BCUT2D eigenvalue weighted by molar-refractivity contribution is 0.0949. The second-order valence-corrected chi connectivity index (χ2v) is 7.92. The van der Waals surface area contributed by atoms with E-state index in [0.717, 1.165) is 22.0 Å². The van der Waals surface area contributed by atoms with Crippen molar-refractivity contribution >= 4 is 28.4 Å². The van der Waals surface area contributed by atoms with Gasteiger partial charge in [0.25, 0.3) is 5.91 Å². The molecule has 0 aliphatic heterocycles. The molecular formula is C26H25ClN2O4. The molecule has 3 aromatic carbocycles. The molecule has 1 amide bonds. The minimum absolute atomic E-state index is 0.208. The largest absolute Gasteiger partial charge is 0.496 e. The number of hydrogen-bond acceptors (Lipinski definition) is 4. The number of para-hydroxylation sites is 2. The predicted molar refractivity (Wildman–Crippen MR) is 130 cm³/mol. The van der Waals surface area contributed by atoms with Gasteiger partial charge in [-0.15, -0.1) is 0 Å². The van der Waals surface area contributed by atoms with Gasteiger partial charge in [0.05, 0.1) is 26.9 Å². The third kappa shape index (κ3) is 4.47. The normalized spacial score (nSPS) is 11.8.